The lowest BCUT2D eigenvalue weighted by Gasteiger charge is -2.25. The van der Waals surface area contributed by atoms with Gasteiger partial charge in [-0.3, -0.25) is 9.69 Å². The van der Waals surface area contributed by atoms with Crippen molar-refractivity contribution in [2.45, 2.75) is 44.4 Å². The van der Waals surface area contributed by atoms with Crippen LogP contribution in [0.4, 0.5) is 5.13 Å². The molecule has 0 spiro atoms. The summed E-state index contributed by atoms with van der Waals surface area (Å²) in [6, 6.07) is 12.0. The first-order valence-corrected chi connectivity index (χ1v) is 15.2. The number of aromatic nitrogens is 1. The summed E-state index contributed by atoms with van der Waals surface area (Å²) in [6.45, 7) is 8.25. The van der Waals surface area contributed by atoms with Crippen LogP contribution in [-0.2, 0) is 10.0 Å². The van der Waals surface area contributed by atoms with Crippen LogP contribution < -0.4 is 9.64 Å². The molecule has 0 atom stereocenters. The van der Waals surface area contributed by atoms with Gasteiger partial charge in [-0.15, -0.1) is 0 Å². The van der Waals surface area contributed by atoms with Crippen molar-refractivity contribution in [3.8, 4) is 5.75 Å². The van der Waals surface area contributed by atoms with E-state index in [9.17, 15) is 13.2 Å². The summed E-state index contributed by atoms with van der Waals surface area (Å²) < 4.78 is 34.2. The van der Waals surface area contributed by atoms with Crippen molar-refractivity contribution in [3.63, 3.8) is 0 Å². The number of likely N-dealkylation sites (N-methyl/N-ethyl adjacent to an activating group) is 1. The SMILES string of the molecule is CCN(CC)CCN(C(=O)c1ccc(S(=O)(=O)N2CCCCCC2)cc1)c1nc2ccc(OC)cc2s1. The molecule has 0 N–H and O–H groups in total. The quantitative estimate of drug-likeness (QED) is 0.363. The molecule has 8 nitrogen and oxygen atoms in total. The second-order valence-corrected chi connectivity index (χ2v) is 12.1. The topological polar surface area (TPSA) is 83.1 Å². The van der Waals surface area contributed by atoms with E-state index in [1.54, 1.807) is 40.6 Å². The van der Waals surface area contributed by atoms with Crippen molar-refractivity contribution in [1.82, 2.24) is 14.2 Å². The van der Waals surface area contributed by atoms with Crippen LogP contribution in [0.3, 0.4) is 0 Å². The van der Waals surface area contributed by atoms with Gasteiger partial charge in [0.15, 0.2) is 5.13 Å². The largest absolute Gasteiger partial charge is 0.497 e. The number of amides is 1. The van der Waals surface area contributed by atoms with Crippen LogP contribution in [0.15, 0.2) is 47.4 Å². The molecule has 10 heteroatoms. The van der Waals surface area contributed by atoms with E-state index in [2.05, 4.69) is 18.7 Å². The van der Waals surface area contributed by atoms with Gasteiger partial charge in [0.25, 0.3) is 5.91 Å². The second kappa shape index (κ2) is 12.3. The fourth-order valence-electron chi connectivity index (χ4n) is 4.56. The van der Waals surface area contributed by atoms with Crippen LogP contribution in [0.2, 0.25) is 0 Å². The van der Waals surface area contributed by atoms with Gasteiger partial charge in [0.05, 0.1) is 22.2 Å². The molecule has 2 aromatic carbocycles. The monoisotopic (exact) mass is 544 g/mol. The van der Waals surface area contributed by atoms with Crippen LogP contribution in [0.25, 0.3) is 10.2 Å². The standard InChI is InChI=1S/C27H36N4O4S2/c1-4-29(5-2)18-19-31(27-28-24-15-12-22(35-3)20-25(24)36-27)26(32)21-10-13-23(14-11-21)37(33,34)30-16-8-6-7-9-17-30/h10-15,20H,4-9,16-19H2,1-3H3. The average Bonchev–Trinajstić information content (AvgIpc) is 3.13. The van der Waals surface area contributed by atoms with Crippen molar-refractivity contribution in [2.24, 2.45) is 0 Å². The first-order valence-electron chi connectivity index (χ1n) is 13.0. The Morgan fingerprint density at radius 2 is 1.68 bits per heavy atom. The van der Waals surface area contributed by atoms with E-state index in [4.69, 9.17) is 9.72 Å². The Morgan fingerprint density at radius 3 is 2.30 bits per heavy atom. The zero-order chi connectivity index (χ0) is 26.4. The Morgan fingerprint density at radius 1 is 1.00 bits per heavy atom. The van der Waals surface area contributed by atoms with E-state index in [0.29, 0.717) is 36.9 Å². The zero-order valence-corrected chi connectivity index (χ0v) is 23.5. The molecule has 0 saturated carbocycles. The number of carbonyl (C=O) groups excluding carboxylic acids is 1. The molecule has 200 valence electrons. The minimum atomic E-state index is -3.57. The Labute approximate surface area is 223 Å². The summed E-state index contributed by atoms with van der Waals surface area (Å²) >= 11 is 1.45. The molecule has 1 fully saturated rings. The van der Waals surface area contributed by atoms with Crippen molar-refractivity contribution >= 4 is 42.6 Å². The molecule has 1 saturated heterocycles. The van der Waals surface area contributed by atoms with Crippen LogP contribution in [0, 0.1) is 0 Å². The minimum Gasteiger partial charge on any atom is -0.497 e. The number of fused-ring (bicyclic) bond motifs is 1. The molecule has 1 amide bonds. The number of thiazole rings is 1. The van der Waals surface area contributed by atoms with Crippen molar-refractivity contribution in [3.05, 3.63) is 48.0 Å². The number of benzene rings is 2. The van der Waals surface area contributed by atoms with Crippen LogP contribution in [0.5, 0.6) is 5.75 Å². The van der Waals surface area contributed by atoms with Crippen molar-refractivity contribution in [2.75, 3.05) is 51.3 Å². The number of methoxy groups -OCH3 is 1. The van der Waals surface area contributed by atoms with E-state index in [-0.39, 0.29) is 10.8 Å². The predicted octanol–water partition coefficient (Wildman–Crippen LogP) is 4.86. The number of hydrogen-bond donors (Lipinski definition) is 0. The molecule has 2 heterocycles. The van der Waals surface area contributed by atoms with Gasteiger partial charge in [-0.1, -0.05) is 38.0 Å². The van der Waals surface area contributed by atoms with Gasteiger partial charge in [-0.2, -0.15) is 4.31 Å². The molecule has 1 aliphatic heterocycles. The normalized spacial score (nSPS) is 15.1. The van der Waals surface area contributed by atoms with Crippen LogP contribution in [-0.4, -0.2) is 74.9 Å². The number of sulfonamides is 1. The molecule has 3 aromatic rings. The number of anilines is 1. The van der Waals surface area contributed by atoms with E-state index in [1.807, 2.05) is 18.2 Å². The first-order chi connectivity index (χ1) is 17.9. The molecule has 1 aliphatic rings. The summed E-state index contributed by atoms with van der Waals surface area (Å²) in [5, 5.41) is 0.613. The average molecular weight is 545 g/mol. The molecular weight excluding hydrogens is 508 g/mol. The summed E-state index contributed by atoms with van der Waals surface area (Å²) in [7, 11) is -1.95. The smallest absolute Gasteiger partial charge is 0.260 e. The van der Waals surface area contributed by atoms with E-state index < -0.39 is 10.0 Å². The first kappa shape index (κ1) is 27.5. The maximum Gasteiger partial charge on any atom is 0.260 e. The highest BCUT2D eigenvalue weighted by molar-refractivity contribution is 7.89. The van der Waals surface area contributed by atoms with Crippen molar-refractivity contribution in [1.29, 1.82) is 0 Å². The van der Waals surface area contributed by atoms with E-state index >= 15 is 0 Å². The molecule has 0 radical (unpaired) electrons. The Hall–Kier alpha value is -2.53. The molecule has 0 bridgehead atoms. The van der Waals surface area contributed by atoms with Crippen LogP contribution in [0.1, 0.15) is 49.9 Å². The molecular formula is C27H36N4O4S2. The van der Waals surface area contributed by atoms with Gasteiger partial charge in [-0.05, 0) is 68.4 Å². The van der Waals surface area contributed by atoms with Gasteiger partial charge in [0.2, 0.25) is 10.0 Å². The highest BCUT2D eigenvalue weighted by Crippen LogP contribution is 2.32. The number of carbonyl (C=O) groups is 1. The van der Waals surface area contributed by atoms with Gasteiger partial charge in [-0.25, -0.2) is 13.4 Å². The Kier molecular flexibility index (Phi) is 9.17. The molecule has 0 unspecified atom stereocenters. The molecule has 1 aromatic heterocycles. The summed E-state index contributed by atoms with van der Waals surface area (Å²) in [6.07, 6.45) is 3.87. The Bertz CT molecular complexity index is 1300. The molecule has 37 heavy (non-hydrogen) atoms. The minimum absolute atomic E-state index is 0.197. The predicted molar refractivity (Wildman–Crippen MR) is 149 cm³/mol. The number of nitrogens with zero attached hydrogens (tertiary/aromatic N) is 4. The summed E-state index contributed by atoms with van der Waals surface area (Å²) in [4.78, 5) is 22.7. The lowest BCUT2D eigenvalue weighted by atomic mass is 10.2. The summed E-state index contributed by atoms with van der Waals surface area (Å²) in [5.74, 6) is 0.543. The third-order valence-electron chi connectivity index (χ3n) is 6.90. The number of ether oxygens (including phenoxy) is 1. The third-order valence-corrected chi connectivity index (χ3v) is 9.85. The molecule has 4 rings (SSSR count). The van der Waals surface area contributed by atoms with E-state index in [1.165, 1.54) is 11.3 Å². The maximum absolute atomic E-state index is 13.7. The lowest BCUT2D eigenvalue weighted by Crippen LogP contribution is -2.39. The number of hydrogen-bond acceptors (Lipinski definition) is 7. The zero-order valence-electron chi connectivity index (χ0n) is 21.9. The van der Waals surface area contributed by atoms with Crippen molar-refractivity contribution < 1.29 is 17.9 Å². The maximum atomic E-state index is 13.7. The Balaban J connectivity index is 1.61. The molecule has 0 aliphatic carbocycles. The second-order valence-electron chi connectivity index (χ2n) is 9.16. The number of rotatable bonds is 10. The highest BCUT2D eigenvalue weighted by atomic mass is 32.2. The lowest BCUT2D eigenvalue weighted by molar-refractivity contribution is 0.0983. The summed E-state index contributed by atoms with van der Waals surface area (Å²) in [5.41, 5.74) is 1.24. The highest BCUT2D eigenvalue weighted by Gasteiger charge is 2.27. The fourth-order valence-corrected chi connectivity index (χ4v) is 7.09. The fraction of sp³-hybridized carbons (Fsp3) is 0.481. The van der Waals surface area contributed by atoms with E-state index in [0.717, 1.165) is 54.7 Å². The van der Waals surface area contributed by atoms with Crippen LogP contribution >= 0.6 is 11.3 Å². The van der Waals surface area contributed by atoms with Gasteiger partial charge >= 0.3 is 0 Å². The van der Waals surface area contributed by atoms with Gasteiger partial charge in [0, 0.05) is 31.7 Å². The van der Waals surface area contributed by atoms with Gasteiger partial charge < -0.3 is 9.64 Å². The third kappa shape index (κ3) is 6.31. The van der Waals surface area contributed by atoms with Gasteiger partial charge in [0.1, 0.15) is 5.75 Å².